The van der Waals surface area contributed by atoms with Gasteiger partial charge in [-0.05, 0) is 6.42 Å². The van der Waals surface area contributed by atoms with Crippen LogP contribution in [0, 0.1) is 0 Å². The van der Waals surface area contributed by atoms with Crippen LogP contribution in [0.5, 0.6) is 0 Å². The molecule has 0 aliphatic heterocycles. The van der Waals surface area contributed by atoms with Crippen LogP contribution >= 0.6 is 0 Å². The molecule has 0 bridgehead atoms. The third-order valence-corrected chi connectivity index (χ3v) is 2.76. The molecule has 0 saturated heterocycles. The third-order valence-electron chi connectivity index (χ3n) is 2.76. The minimum atomic E-state index is -1.60. The molecule has 0 aromatic carbocycles. The Morgan fingerprint density at radius 2 is 1.18 bits per heavy atom. The van der Waals surface area contributed by atoms with E-state index in [0.29, 0.717) is 6.61 Å². The van der Waals surface area contributed by atoms with E-state index in [2.05, 4.69) is 11.6 Å². The summed E-state index contributed by atoms with van der Waals surface area (Å²) in [7, 11) is -1.60. The van der Waals surface area contributed by atoms with E-state index in [4.69, 9.17) is 10.0 Å². The van der Waals surface area contributed by atoms with Crippen molar-refractivity contribution in [3.05, 3.63) is 0 Å². The van der Waals surface area contributed by atoms with E-state index >= 15 is 0 Å². The number of rotatable bonds is 12. The van der Waals surface area contributed by atoms with E-state index in [0.717, 1.165) is 12.8 Å². The summed E-state index contributed by atoms with van der Waals surface area (Å²) in [6.45, 7) is 2.69. The van der Waals surface area contributed by atoms with Crippen LogP contribution < -0.4 is 0 Å². The van der Waals surface area contributed by atoms with Crippen molar-refractivity contribution in [3.8, 4) is 0 Å². The Bertz CT molecular complexity index is 137. The van der Waals surface area contributed by atoms with Crippen molar-refractivity contribution >= 4 is 58.7 Å². The zero-order chi connectivity index (χ0) is 12.1. The predicted octanol–water partition coefficient (Wildman–Crippen LogP) is 2.24. The zero-order valence-electron chi connectivity index (χ0n) is 10.7. The molecule has 0 aliphatic rings. The second-order valence-corrected chi connectivity index (χ2v) is 4.38. The predicted molar refractivity (Wildman–Crippen MR) is 75.1 cm³/mol. The van der Waals surface area contributed by atoms with Crippen LogP contribution in [0.2, 0.25) is 0 Å². The molecule has 0 rings (SSSR count). The number of unbranched alkanes of at least 4 members (excludes halogenated alkanes) is 9. The summed E-state index contributed by atoms with van der Waals surface area (Å²) in [6, 6.07) is 0. The molecule has 3 nitrogen and oxygen atoms in total. The Morgan fingerprint density at radius 3 is 1.59 bits per heavy atom. The molecule has 0 amide bonds. The van der Waals surface area contributed by atoms with E-state index in [1.54, 1.807) is 0 Å². The maximum absolute atomic E-state index is 8.43. The monoisotopic (exact) mass is 270 g/mol. The van der Waals surface area contributed by atoms with Gasteiger partial charge in [0.05, 0.1) is 0 Å². The van der Waals surface area contributed by atoms with Crippen molar-refractivity contribution in [2.45, 2.75) is 71.1 Å². The summed E-state index contributed by atoms with van der Waals surface area (Å²) in [5.41, 5.74) is 0. The van der Waals surface area contributed by atoms with Gasteiger partial charge in [-0.25, -0.2) is 0 Å². The van der Waals surface area contributed by atoms with Gasteiger partial charge in [0.15, 0.2) is 0 Å². The van der Waals surface area contributed by atoms with Gasteiger partial charge < -0.3 is 14.7 Å². The van der Waals surface area contributed by atoms with Crippen LogP contribution in [0.25, 0.3) is 0 Å². The second kappa shape index (κ2) is 17.6. The van der Waals surface area contributed by atoms with Crippen LogP contribution in [0.4, 0.5) is 0 Å². The Kier molecular flexibility index (Phi) is 21.6. The van der Waals surface area contributed by atoms with Crippen molar-refractivity contribution in [2.75, 3.05) is 6.61 Å². The van der Waals surface area contributed by atoms with Crippen LogP contribution in [0.1, 0.15) is 71.1 Å². The van der Waals surface area contributed by atoms with Crippen molar-refractivity contribution in [3.63, 3.8) is 0 Å². The Labute approximate surface area is 149 Å². The quantitative estimate of drug-likeness (QED) is 0.422. The molecule has 0 fully saturated rings. The topological polar surface area (TPSA) is 49.7 Å². The molecule has 17 heavy (non-hydrogen) atoms. The van der Waals surface area contributed by atoms with Gasteiger partial charge in [0.2, 0.25) is 0 Å². The molecule has 0 heterocycles. The summed E-state index contributed by atoms with van der Waals surface area (Å²) in [6.07, 6.45) is 12.8. The average molecular weight is 270 g/mol. The first-order chi connectivity index (χ1) is 7.77. The molecule has 0 unspecified atom stereocenters. The fourth-order valence-corrected chi connectivity index (χ4v) is 1.78. The molecule has 0 aromatic heterocycles. The van der Waals surface area contributed by atoms with Gasteiger partial charge in [-0.15, -0.1) is 0 Å². The van der Waals surface area contributed by atoms with E-state index in [-0.39, 0.29) is 51.4 Å². The fraction of sp³-hybridized carbons (Fsp3) is 1.00. The Balaban J connectivity index is 0. The summed E-state index contributed by atoms with van der Waals surface area (Å²) in [4.78, 5) is 0. The first-order valence-corrected chi connectivity index (χ1v) is 6.75. The summed E-state index contributed by atoms with van der Waals surface area (Å²) < 4.78 is 4.62. The molecule has 0 spiro atoms. The first-order valence-electron chi connectivity index (χ1n) is 6.75. The van der Waals surface area contributed by atoms with Gasteiger partial charge >= 0.3 is 58.7 Å². The van der Waals surface area contributed by atoms with E-state index in [9.17, 15) is 0 Å². The molecule has 0 aliphatic carbocycles. The molecular weight excluding hydrogens is 242 g/mol. The molecular formula is C12H28BKO3. The summed E-state index contributed by atoms with van der Waals surface area (Å²) in [5.74, 6) is 0. The Hall–Kier alpha value is 1.58. The van der Waals surface area contributed by atoms with Crippen molar-refractivity contribution in [2.24, 2.45) is 0 Å². The third kappa shape index (κ3) is 20.1. The fourth-order valence-electron chi connectivity index (χ4n) is 1.78. The first kappa shape index (κ1) is 20.9. The molecule has 0 radical (unpaired) electrons. The second-order valence-electron chi connectivity index (χ2n) is 4.38. The van der Waals surface area contributed by atoms with Crippen LogP contribution in [-0.4, -0.2) is 75.4 Å². The molecule has 0 saturated carbocycles. The zero-order valence-corrected chi connectivity index (χ0v) is 10.7. The molecule has 2 N–H and O–H groups in total. The van der Waals surface area contributed by atoms with Crippen molar-refractivity contribution in [1.29, 1.82) is 0 Å². The maximum atomic E-state index is 8.43. The summed E-state index contributed by atoms with van der Waals surface area (Å²) in [5, 5.41) is 16.9. The van der Waals surface area contributed by atoms with Gasteiger partial charge in [0, 0.05) is 6.61 Å². The van der Waals surface area contributed by atoms with Crippen LogP contribution in [-0.2, 0) is 4.65 Å². The molecule has 5 heteroatoms. The Morgan fingerprint density at radius 1 is 0.765 bits per heavy atom. The van der Waals surface area contributed by atoms with Gasteiger partial charge in [0.25, 0.3) is 0 Å². The standard InChI is InChI=1S/C12H27BO3.K.H/c1-2-3-4-5-6-7-8-9-10-11-12-16-13(14)15;;/h14-15H,2-12H2,1H3;;. The molecule has 0 aromatic rings. The van der Waals surface area contributed by atoms with Gasteiger partial charge in [0.1, 0.15) is 0 Å². The molecule has 0 atom stereocenters. The van der Waals surface area contributed by atoms with Gasteiger partial charge in [-0.1, -0.05) is 64.7 Å². The number of hydrogen-bond donors (Lipinski definition) is 2. The van der Waals surface area contributed by atoms with E-state index in [1.807, 2.05) is 0 Å². The molecule has 98 valence electrons. The number of hydrogen-bond acceptors (Lipinski definition) is 3. The SMILES string of the molecule is CCCCCCCCCCCCOB(O)O.[KH]. The van der Waals surface area contributed by atoms with Gasteiger partial charge in [-0.2, -0.15) is 0 Å². The van der Waals surface area contributed by atoms with Crippen molar-refractivity contribution in [1.82, 2.24) is 0 Å². The van der Waals surface area contributed by atoms with Crippen LogP contribution in [0.15, 0.2) is 0 Å². The van der Waals surface area contributed by atoms with Crippen LogP contribution in [0.3, 0.4) is 0 Å². The normalized spacial score (nSPS) is 10.1. The van der Waals surface area contributed by atoms with E-state index < -0.39 is 7.32 Å². The van der Waals surface area contributed by atoms with E-state index in [1.165, 1.54) is 51.4 Å². The summed E-state index contributed by atoms with van der Waals surface area (Å²) >= 11 is 0. The minimum absolute atomic E-state index is 0. The van der Waals surface area contributed by atoms with Gasteiger partial charge in [-0.3, -0.25) is 0 Å². The van der Waals surface area contributed by atoms with Crippen molar-refractivity contribution < 1.29 is 14.7 Å². The average Bonchev–Trinajstić information content (AvgIpc) is 2.25.